The van der Waals surface area contributed by atoms with E-state index in [9.17, 15) is 4.79 Å². The molecule has 2 aromatic carbocycles. The number of piperidine rings is 1. The maximum Gasteiger partial charge on any atom is 0.257 e. The summed E-state index contributed by atoms with van der Waals surface area (Å²) in [6.45, 7) is 4.94. The van der Waals surface area contributed by atoms with Crippen LogP contribution >= 0.6 is 12.2 Å². The first-order chi connectivity index (χ1) is 13.7. The van der Waals surface area contributed by atoms with Gasteiger partial charge in [0.05, 0.1) is 6.61 Å². The predicted molar refractivity (Wildman–Crippen MR) is 118 cm³/mol. The van der Waals surface area contributed by atoms with Crippen molar-refractivity contribution in [1.82, 2.24) is 5.32 Å². The van der Waals surface area contributed by atoms with Crippen LogP contribution in [0.15, 0.2) is 48.5 Å². The van der Waals surface area contributed by atoms with Gasteiger partial charge in [-0.2, -0.15) is 0 Å². The number of carbonyl (C=O) groups excluding carboxylic acids is 1. The smallest absolute Gasteiger partial charge is 0.257 e. The molecule has 0 unspecified atom stereocenters. The van der Waals surface area contributed by atoms with Crippen LogP contribution in [0, 0.1) is 0 Å². The summed E-state index contributed by atoms with van der Waals surface area (Å²) in [5.41, 5.74) is 2.62. The predicted octanol–water partition coefficient (Wildman–Crippen LogP) is 4.59. The van der Waals surface area contributed by atoms with Gasteiger partial charge >= 0.3 is 0 Å². The van der Waals surface area contributed by atoms with Crippen LogP contribution in [0.2, 0.25) is 0 Å². The molecule has 3 rings (SSSR count). The fourth-order valence-corrected chi connectivity index (χ4v) is 3.38. The van der Waals surface area contributed by atoms with Gasteiger partial charge in [0, 0.05) is 30.0 Å². The molecule has 0 bridgehead atoms. The number of thiocarbonyl (C=S) groups is 1. The van der Waals surface area contributed by atoms with Crippen LogP contribution < -0.4 is 20.3 Å². The first kappa shape index (κ1) is 20.1. The highest BCUT2D eigenvalue weighted by Gasteiger charge is 2.11. The van der Waals surface area contributed by atoms with Crippen LogP contribution in [0.5, 0.6) is 5.75 Å². The second-order valence-electron chi connectivity index (χ2n) is 6.88. The van der Waals surface area contributed by atoms with E-state index in [1.165, 1.54) is 24.9 Å². The molecule has 2 N–H and O–H groups in total. The lowest BCUT2D eigenvalue weighted by Gasteiger charge is -2.28. The van der Waals surface area contributed by atoms with Gasteiger partial charge < -0.3 is 15.0 Å². The van der Waals surface area contributed by atoms with Crippen LogP contribution in [0.1, 0.15) is 43.0 Å². The minimum absolute atomic E-state index is 0.246. The average Bonchev–Trinajstić information content (AvgIpc) is 2.73. The first-order valence-corrected chi connectivity index (χ1v) is 10.3. The molecule has 0 radical (unpaired) electrons. The number of hydrogen-bond acceptors (Lipinski definition) is 4. The Morgan fingerprint density at radius 3 is 2.36 bits per heavy atom. The number of carbonyl (C=O) groups is 1. The van der Waals surface area contributed by atoms with E-state index in [2.05, 4.69) is 34.6 Å². The Morgan fingerprint density at radius 1 is 1.04 bits per heavy atom. The maximum absolute atomic E-state index is 12.3. The van der Waals surface area contributed by atoms with Crippen molar-refractivity contribution in [3.63, 3.8) is 0 Å². The molecule has 28 heavy (non-hydrogen) atoms. The van der Waals surface area contributed by atoms with E-state index >= 15 is 0 Å². The van der Waals surface area contributed by atoms with Crippen LogP contribution in [0.25, 0.3) is 0 Å². The molecular weight excluding hydrogens is 370 g/mol. The topological polar surface area (TPSA) is 53.6 Å². The quantitative estimate of drug-likeness (QED) is 0.698. The monoisotopic (exact) mass is 397 g/mol. The highest BCUT2D eigenvalue weighted by molar-refractivity contribution is 7.80. The second-order valence-corrected chi connectivity index (χ2v) is 7.28. The third-order valence-electron chi connectivity index (χ3n) is 4.66. The van der Waals surface area contributed by atoms with Gasteiger partial charge in [0.15, 0.2) is 5.11 Å². The third kappa shape index (κ3) is 5.70. The number of hydrogen-bond donors (Lipinski definition) is 2. The second kappa shape index (κ2) is 10.1. The molecule has 0 aromatic heterocycles. The number of nitrogens with one attached hydrogen (secondary N) is 2. The average molecular weight is 398 g/mol. The Kier molecular flexibility index (Phi) is 7.25. The molecular formula is C22H27N3O2S. The van der Waals surface area contributed by atoms with Crippen molar-refractivity contribution in [3.8, 4) is 5.75 Å². The normalized spacial score (nSPS) is 13.7. The fourth-order valence-electron chi connectivity index (χ4n) is 3.17. The van der Waals surface area contributed by atoms with E-state index in [4.69, 9.17) is 17.0 Å². The van der Waals surface area contributed by atoms with Crippen molar-refractivity contribution in [2.45, 2.75) is 32.6 Å². The lowest BCUT2D eigenvalue weighted by Crippen LogP contribution is -2.34. The Bertz CT molecular complexity index is 784. The van der Waals surface area contributed by atoms with Gasteiger partial charge in [-0.3, -0.25) is 10.1 Å². The van der Waals surface area contributed by atoms with Crippen LogP contribution in [0.3, 0.4) is 0 Å². The van der Waals surface area contributed by atoms with Crippen molar-refractivity contribution >= 4 is 34.6 Å². The van der Waals surface area contributed by atoms with Crippen molar-refractivity contribution in [2.75, 3.05) is 29.9 Å². The van der Waals surface area contributed by atoms with E-state index in [1.54, 1.807) is 24.3 Å². The van der Waals surface area contributed by atoms with Crippen molar-refractivity contribution in [1.29, 1.82) is 0 Å². The van der Waals surface area contributed by atoms with E-state index in [-0.39, 0.29) is 11.0 Å². The van der Waals surface area contributed by atoms with Gasteiger partial charge in [-0.05, 0) is 86.4 Å². The summed E-state index contributed by atoms with van der Waals surface area (Å²) in [7, 11) is 0. The molecule has 1 fully saturated rings. The zero-order valence-corrected chi connectivity index (χ0v) is 17.1. The van der Waals surface area contributed by atoms with E-state index in [1.807, 2.05) is 12.1 Å². The molecule has 0 aliphatic carbocycles. The number of nitrogens with zero attached hydrogens (tertiary/aromatic N) is 1. The largest absolute Gasteiger partial charge is 0.494 e. The number of anilines is 2. The fraction of sp³-hybridized carbons (Fsp3) is 0.364. The number of benzene rings is 2. The Balaban J connectivity index is 1.51. The molecule has 1 saturated heterocycles. The van der Waals surface area contributed by atoms with Gasteiger partial charge in [-0.1, -0.05) is 6.92 Å². The lowest BCUT2D eigenvalue weighted by atomic mass is 10.1. The Morgan fingerprint density at radius 2 is 1.71 bits per heavy atom. The highest BCUT2D eigenvalue weighted by atomic mass is 32.1. The minimum atomic E-state index is -0.246. The molecule has 1 aliphatic rings. The molecule has 148 valence electrons. The molecule has 1 aliphatic heterocycles. The molecule has 6 heteroatoms. The van der Waals surface area contributed by atoms with Crippen LogP contribution in [0.4, 0.5) is 11.4 Å². The summed E-state index contributed by atoms with van der Waals surface area (Å²) in [5, 5.41) is 6.06. The Hall–Kier alpha value is -2.60. The summed E-state index contributed by atoms with van der Waals surface area (Å²) in [6.07, 6.45) is 4.77. The molecule has 1 amide bonds. The van der Waals surface area contributed by atoms with Gasteiger partial charge in [0.1, 0.15) is 5.75 Å². The van der Waals surface area contributed by atoms with Gasteiger partial charge in [0.25, 0.3) is 5.91 Å². The number of amides is 1. The SMILES string of the molecule is CCCOc1ccc(C(=O)NC(=S)Nc2ccc(N3CCCCC3)cc2)cc1. The highest BCUT2D eigenvalue weighted by Crippen LogP contribution is 2.21. The number of rotatable bonds is 6. The van der Waals surface area contributed by atoms with Gasteiger partial charge in [0.2, 0.25) is 0 Å². The zero-order valence-electron chi connectivity index (χ0n) is 16.2. The molecule has 1 heterocycles. The van der Waals surface area contributed by atoms with Gasteiger partial charge in [-0.25, -0.2) is 0 Å². The molecule has 2 aromatic rings. The first-order valence-electron chi connectivity index (χ1n) is 9.86. The van der Waals surface area contributed by atoms with E-state index < -0.39 is 0 Å². The lowest BCUT2D eigenvalue weighted by molar-refractivity contribution is 0.0977. The summed E-state index contributed by atoms with van der Waals surface area (Å²) < 4.78 is 5.53. The van der Waals surface area contributed by atoms with Crippen molar-refractivity contribution in [3.05, 3.63) is 54.1 Å². The molecule has 0 atom stereocenters. The summed E-state index contributed by atoms with van der Waals surface area (Å²) in [5.74, 6) is 0.511. The standard InChI is InChI=1S/C22H27N3O2S/c1-2-16-27-20-12-6-17(7-13-20)21(26)24-22(28)23-18-8-10-19(11-9-18)25-14-4-3-5-15-25/h6-13H,2-5,14-16H2,1H3,(H2,23,24,26,28). The van der Waals surface area contributed by atoms with Crippen molar-refractivity contribution in [2.24, 2.45) is 0 Å². The maximum atomic E-state index is 12.3. The summed E-state index contributed by atoms with van der Waals surface area (Å²) in [4.78, 5) is 14.7. The minimum Gasteiger partial charge on any atom is -0.494 e. The van der Waals surface area contributed by atoms with Crippen LogP contribution in [-0.2, 0) is 0 Å². The molecule has 5 nitrogen and oxygen atoms in total. The summed E-state index contributed by atoms with van der Waals surface area (Å²) >= 11 is 5.28. The third-order valence-corrected chi connectivity index (χ3v) is 4.87. The number of ether oxygens (including phenoxy) is 1. The van der Waals surface area contributed by atoms with E-state index in [0.29, 0.717) is 12.2 Å². The zero-order chi connectivity index (χ0) is 19.8. The molecule has 0 saturated carbocycles. The van der Waals surface area contributed by atoms with Gasteiger partial charge in [-0.15, -0.1) is 0 Å². The molecule has 0 spiro atoms. The van der Waals surface area contributed by atoms with E-state index in [0.717, 1.165) is 30.9 Å². The van der Waals surface area contributed by atoms with Crippen molar-refractivity contribution < 1.29 is 9.53 Å². The Labute approximate surface area is 172 Å². The van der Waals surface area contributed by atoms with Crippen LogP contribution in [-0.4, -0.2) is 30.7 Å². The summed E-state index contributed by atoms with van der Waals surface area (Å²) in [6, 6.07) is 15.2.